The van der Waals surface area contributed by atoms with E-state index in [2.05, 4.69) is 4.98 Å². The molecule has 0 aliphatic heterocycles. The number of hydrogen-bond acceptors (Lipinski definition) is 5. The second-order valence-corrected chi connectivity index (χ2v) is 6.29. The molecule has 0 amide bonds. The molecule has 0 spiro atoms. The van der Waals surface area contributed by atoms with E-state index < -0.39 is 16.0 Å². The molecule has 0 aromatic carbocycles. The zero-order chi connectivity index (χ0) is 15.2. The average Bonchev–Trinajstić information content (AvgIpc) is 2.39. The molecule has 1 heterocycles. The van der Waals surface area contributed by atoms with E-state index >= 15 is 0 Å². The van der Waals surface area contributed by atoms with Crippen molar-refractivity contribution in [2.24, 2.45) is 0 Å². The molecule has 0 bridgehead atoms. The molecule has 1 aromatic heterocycles. The van der Waals surface area contributed by atoms with E-state index in [1.165, 1.54) is 18.3 Å². The van der Waals surface area contributed by atoms with Crippen LogP contribution in [0.4, 0.5) is 0 Å². The lowest BCUT2D eigenvalue weighted by atomic mass is 10.5. The molecular formula is C12H17ClN2O4S. The van der Waals surface area contributed by atoms with E-state index in [0.29, 0.717) is 6.42 Å². The molecule has 1 aromatic rings. The topological polar surface area (TPSA) is 76.6 Å². The van der Waals surface area contributed by atoms with Crippen LogP contribution in [0.1, 0.15) is 20.3 Å². The molecule has 0 radical (unpaired) electrons. The van der Waals surface area contributed by atoms with Gasteiger partial charge in [0.2, 0.25) is 10.0 Å². The van der Waals surface area contributed by atoms with Gasteiger partial charge in [0, 0.05) is 12.7 Å². The SMILES string of the molecule is CCCN(CC(=O)OCC)S(=O)(=O)c1ccc(Cl)nc1. The van der Waals surface area contributed by atoms with Gasteiger partial charge in [0.1, 0.15) is 16.6 Å². The summed E-state index contributed by atoms with van der Waals surface area (Å²) in [5, 5.41) is 0.205. The Hall–Kier alpha value is -1.18. The molecule has 20 heavy (non-hydrogen) atoms. The van der Waals surface area contributed by atoms with Crippen LogP contribution in [0.15, 0.2) is 23.2 Å². The van der Waals surface area contributed by atoms with Gasteiger partial charge in [-0.2, -0.15) is 4.31 Å². The summed E-state index contributed by atoms with van der Waals surface area (Å²) in [6.45, 7) is 3.62. The number of carbonyl (C=O) groups is 1. The van der Waals surface area contributed by atoms with Crippen molar-refractivity contribution in [2.45, 2.75) is 25.2 Å². The minimum atomic E-state index is -3.78. The molecule has 0 aliphatic rings. The Morgan fingerprint density at radius 2 is 2.10 bits per heavy atom. The molecule has 6 nitrogen and oxygen atoms in total. The second-order valence-electron chi connectivity index (χ2n) is 3.96. The van der Waals surface area contributed by atoms with Crippen molar-refractivity contribution >= 4 is 27.6 Å². The maximum atomic E-state index is 12.4. The van der Waals surface area contributed by atoms with Crippen molar-refractivity contribution in [2.75, 3.05) is 19.7 Å². The van der Waals surface area contributed by atoms with Gasteiger partial charge in [-0.05, 0) is 25.5 Å². The van der Waals surface area contributed by atoms with Crippen LogP contribution in [0.3, 0.4) is 0 Å². The van der Waals surface area contributed by atoms with Gasteiger partial charge in [0.15, 0.2) is 0 Å². The van der Waals surface area contributed by atoms with Crippen molar-refractivity contribution in [3.63, 3.8) is 0 Å². The summed E-state index contributed by atoms with van der Waals surface area (Å²) in [5.41, 5.74) is 0. The molecule has 0 unspecified atom stereocenters. The third-order valence-electron chi connectivity index (χ3n) is 2.42. The van der Waals surface area contributed by atoms with Crippen LogP contribution in [-0.4, -0.2) is 43.4 Å². The van der Waals surface area contributed by atoms with E-state index in [0.717, 1.165) is 4.31 Å². The number of nitrogens with zero attached hydrogens (tertiary/aromatic N) is 2. The predicted octanol–water partition coefficient (Wildman–Crippen LogP) is 1.70. The van der Waals surface area contributed by atoms with E-state index in [1.54, 1.807) is 6.92 Å². The summed E-state index contributed by atoms with van der Waals surface area (Å²) in [5.74, 6) is -0.577. The van der Waals surface area contributed by atoms with Crippen LogP contribution >= 0.6 is 11.6 Å². The second kappa shape index (κ2) is 7.56. The van der Waals surface area contributed by atoms with E-state index in [9.17, 15) is 13.2 Å². The van der Waals surface area contributed by atoms with E-state index in [1.807, 2.05) is 6.92 Å². The number of rotatable bonds is 7. The molecule has 0 aliphatic carbocycles. The van der Waals surface area contributed by atoms with Gasteiger partial charge >= 0.3 is 5.97 Å². The van der Waals surface area contributed by atoms with Gasteiger partial charge in [-0.1, -0.05) is 18.5 Å². The highest BCUT2D eigenvalue weighted by Crippen LogP contribution is 2.16. The molecule has 0 saturated carbocycles. The van der Waals surface area contributed by atoms with Gasteiger partial charge in [-0.25, -0.2) is 13.4 Å². The molecule has 1 rings (SSSR count). The van der Waals surface area contributed by atoms with Gasteiger partial charge in [0.05, 0.1) is 6.61 Å². The smallest absolute Gasteiger partial charge is 0.321 e. The standard InChI is InChI=1S/C12H17ClN2O4S/c1-3-7-15(9-12(16)19-4-2)20(17,18)10-5-6-11(13)14-8-10/h5-6,8H,3-4,7,9H2,1-2H3. The summed E-state index contributed by atoms with van der Waals surface area (Å²) < 4.78 is 30.7. The number of aromatic nitrogens is 1. The highest BCUT2D eigenvalue weighted by molar-refractivity contribution is 7.89. The number of carbonyl (C=O) groups excluding carboxylic acids is 1. The number of sulfonamides is 1. The van der Waals surface area contributed by atoms with Crippen molar-refractivity contribution < 1.29 is 17.9 Å². The fraction of sp³-hybridized carbons (Fsp3) is 0.500. The third-order valence-corrected chi connectivity index (χ3v) is 4.47. The Kier molecular flexibility index (Phi) is 6.38. The maximum absolute atomic E-state index is 12.4. The Labute approximate surface area is 123 Å². The normalized spacial score (nSPS) is 11.6. The molecule has 8 heteroatoms. The first-order valence-electron chi connectivity index (χ1n) is 6.19. The molecule has 0 fully saturated rings. The van der Waals surface area contributed by atoms with Crippen LogP contribution in [0.25, 0.3) is 0 Å². The van der Waals surface area contributed by atoms with Gasteiger partial charge in [-0.3, -0.25) is 4.79 Å². The van der Waals surface area contributed by atoms with Crippen molar-refractivity contribution in [3.8, 4) is 0 Å². The molecule has 112 valence electrons. The quantitative estimate of drug-likeness (QED) is 0.564. The Bertz CT molecular complexity index is 545. The first-order chi connectivity index (χ1) is 9.41. The zero-order valence-corrected chi connectivity index (χ0v) is 12.9. The first kappa shape index (κ1) is 16.9. The van der Waals surface area contributed by atoms with E-state index in [4.69, 9.17) is 16.3 Å². The summed E-state index contributed by atoms with van der Waals surface area (Å²) in [6.07, 6.45) is 1.76. The minimum absolute atomic E-state index is 0.000325. The Balaban J connectivity index is 2.99. The highest BCUT2D eigenvalue weighted by atomic mass is 35.5. The number of hydrogen-bond donors (Lipinski definition) is 0. The maximum Gasteiger partial charge on any atom is 0.321 e. The lowest BCUT2D eigenvalue weighted by Gasteiger charge is -2.20. The predicted molar refractivity (Wildman–Crippen MR) is 74.9 cm³/mol. The van der Waals surface area contributed by atoms with Gasteiger partial charge in [0.25, 0.3) is 0 Å². The average molecular weight is 321 g/mol. The lowest BCUT2D eigenvalue weighted by Crippen LogP contribution is -2.37. The molecule has 0 saturated heterocycles. The fourth-order valence-corrected chi connectivity index (χ4v) is 3.08. The Morgan fingerprint density at radius 1 is 1.40 bits per heavy atom. The molecular weight excluding hydrogens is 304 g/mol. The molecule has 0 atom stereocenters. The number of esters is 1. The van der Waals surface area contributed by atoms with Crippen molar-refractivity contribution in [1.29, 1.82) is 0 Å². The monoisotopic (exact) mass is 320 g/mol. The van der Waals surface area contributed by atoms with Gasteiger partial charge in [-0.15, -0.1) is 0 Å². The van der Waals surface area contributed by atoms with E-state index in [-0.39, 0.29) is 29.7 Å². The van der Waals surface area contributed by atoms with Crippen molar-refractivity contribution in [3.05, 3.63) is 23.5 Å². The van der Waals surface area contributed by atoms with Crippen LogP contribution in [0.5, 0.6) is 0 Å². The number of ether oxygens (including phenoxy) is 1. The van der Waals surface area contributed by atoms with Crippen LogP contribution in [0.2, 0.25) is 5.15 Å². The highest BCUT2D eigenvalue weighted by Gasteiger charge is 2.26. The van der Waals surface area contributed by atoms with Crippen molar-refractivity contribution in [1.82, 2.24) is 9.29 Å². The summed E-state index contributed by atoms with van der Waals surface area (Å²) in [4.78, 5) is 15.2. The summed E-state index contributed by atoms with van der Waals surface area (Å²) >= 11 is 5.63. The largest absolute Gasteiger partial charge is 0.465 e. The lowest BCUT2D eigenvalue weighted by molar-refractivity contribution is -0.143. The minimum Gasteiger partial charge on any atom is -0.465 e. The number of pyridine rings is 1. The van der Waals surface area contributed by atoms with Crippen LogP contribution in [0, 0.1) is 0 Å². The third kappa shape index (κ3) is 4.43. The first-order valence-corrected chi connectivity index (χ1v) is 8.01. The summed E-state index contributed by atoms with van der Waals surface area (Å²) in [6, 6.07) is 2.75. The fourth-order valence-electron chi connectivity index (χ4n) is 1.55. The molecule has 0 N–H and O–H groups in total. The number of halogens is 1. The summed E-state index contributed by atoms with van der Waals surface area (Å²) in [7, 11) is -3.78. The zero-order valence-electron chi connectivity index (χ0n) is 11.4. The Morgan fingerprint density at radius 3 is 2.60 bits per heavy atom. The van der Waals surface area contributed by atoms with Crippen LogP contribution in [-0.2, 0) is 19.6 Å². The van der Waals surface area contributed by atoms with Crippen LogP contribution < -0.4 is 0 Å². The van der Waals surface area contributed by atoms with Gasteiger partial charge < -0.3 is 4.74 Å².